The molecule has 16 heavy (non-hydrogen) atoms. The molecule has 1 aromatic carbocycles. The monoisotopic (exact) mass is 340 g/mol. The summed E-state index contributed by atoms with van der Waals surface area (Å²) in [5.41, 5.74) is 2.67. The van der Waals surface area contributed by atoms with Crippen molar-refractivity contribution in [1.82, 2.24) is 0 Å². The molecule has 3 atom stereocenters. The van der Waals surface area contributed by atoms with E-state index >= 15 is 0 Å². The van der Waals surface area contributed by atoms with Crippen LogP contribution >= 0.6 is 31.9 Å². The lowest BCUT2D eigenvalue weighted by Crippen LogP contribution is -2.30. The number of alkyl halides is 1. The Labute approximate surface area is 111 Å². The number of hydrogen-bond acceptors (Lipinski definition) is 1. The van der Waals surface area contributed by atoms with Crippen LogP contribution in [0.15, 0.2) is 34.8 Å². The van der Waals surface area contributed by atoms with Crippen molar-refractivity contribution >= 4 is 37.6 Å². The highest BCUT2D eigenvalue weighted by atomic mass is 79.9. The first-order chi connectivity index (χ1) is 7.70. The topological polar surface area (TPSA) is 17.1 Å². The van der Waals surface area contributed by atoms with Crippen molar-refractivity contribution in [1.29, 1.82) is 0 Å². The average Bonchev–Trinajstić information content (AvgIpc) is 2.61. The van der Waals surface area contributed by atoms with E-state index in [2.05, 4.69) is 44.0 Å². The van der Waals surface area contributed by atoms with Crippen LogP contribution in [0.3, 0.4) is 0 Å². The van der Waals surface area contributed by atoms with E-state index in [0.717, 1.165) is 10.9 Å². The first-order valence-corrected chi connectivity index (χ1v) is 7.04. The van der Waals surface area contributed by atoms with Gasteiger partial charge in [0, 0.05) is 16.7 Å². The molecular formula is C13H10Br2O. The minimum Gasteiger partial charge on any atom is -0.293 e. The molecule has 0 spiro atoms. The molecule has 0 fully saturated rings. The van der Waals surface area contributed by atoms with Crippen molar-refractivity contribution in [3.63, 3.8) is 0 Å². The zero-order valence-corrected chi connectivity index (χ0v) is 11.7. The molecule has 3 heteroatoms. The maximum atomic E-state index is 12.0. The molecule has 2 aliphatic carbocycles. The molecule has 0 amide bonds. The molecule has 0 aliphatic heterocycles. The summed E-state index contributed by atoms with van der Waals surface area (Å²) in [4.78, 5) is 12.3. The Morgan fingerprint density at radius 1 is 1.19 bits per heavy atom. The zero-order chi connectivity index (χ0) is 11.3. The van der Waals surface area contributed by atoms with Gasteiger partial charge < -0.3 is 0 Å². The molecule has 0 bridgehead atoms. The van der Waals surface area contributed by atoms with E-state index in [1.54, 1.807) is 0 Å². The van der Waals surface area contributed by atoms with Gasteiger partial charge in [-0.3, -0.25) is 4.79 Å². The van der Waals surface area contributed by atoms with Crippen molar-refractivity contribution in [2.75, 3.05) is 0 Å². The van der Waals surface area contributed by atoms with Gasteiger partial charge in [-0.25, -0.2) is 0 Å². The van der Waals surface area contributed by atoms with Crippen molar-refractivity contribution in [3.8, 4) is 0 Å². The van der Waals surface area contributed by atoms with Gasteiger partial charge in [-0.15, -0.1) is 0 Å². The summed E-state index contributed by atoms with van der Waals surface area (Å²) < 4.78 is 0.751. The minimum atomic E-state index is 0.119. The summed E-state index contributed by atoms with van der Waals surface area (Å²) in [6.07, 6.45) is 2.86. The highest BCUT2D eigenvalue weighted by Gasteiger charge is 2.45. The van der Waals surface area contributed by atoms with E-state index in [4.69, 9.17) is 0 Å². The Bertz CT molecular complexity index is 492. The number of fused-ring (bicyclic) bond motifs is 1. The van der Waals surface area contributed by atoms with Crippen LogP contribution in [0.25, 0.3) is 0 Å². The number of benzene rings is 1. The number of carbonyl (C=O) groups is 1. The number of ketones is 1. The fraction of sp³-hybridized carbons (Fsp3) is 0.308. The Morgan fingerprint density at radius 3 is 2.50 bits per heavy atom. The van der Waals surface area contributed by atoms with E-state index in [0.29, 0.717) is 10.7 Å². The summed E-state index contributed by atoms with van der Waals surface area (Å²) in [5.74, 6) is 0.715. The highest BCUT2D eigenvalue weighted by Crippen LogP contribution is 2.56. The van der Waals surface area contributed by atoms with Crippen LogP contribution in [0.1, 0.15) is 28.3 Å². The molecule has 0 N–H and O–H groups in total. The van der Waals surface area contributed by atoms with Crippen molar-refractivity contribution in [3.05, 3.63) is 46.0 Å². The van der Waals surface area contributed by atoms with Crippen LogP contribution in [-0.2, 0) is 4.79 Å². The van der Waals surface area contributed by atoms with E-state index in [9.17, 15) is 4.79 Å². The zero-order valence-electron chi connectivity index (χ0n) is 8.49. The molecule has 3 rings (SSSR count). The standard InChI is InChI=1S/C13H10Br2O/c14-10-6-5-9(13(10)16)11-7-3-1-2-4-8(7)12(11)15/h1-4,6,9,11-12H,5H2/t9-,11-,12+/m0/s1. The third kappa shape index (κ3) is 1.37. The third-order valence-corrected chi connectivity index (χ3v) is 5.30. The van der Waals surface area contributed by atoms with Crippen LogP contribution in [0.5, 0.6) is 0 Å². The van der Waals surface area contributed by atoms with E-state index in [1.165, 1.54) is 11.1 Å². The number of Topliss-reactive ketones (excluding diaryl/α,β-unsaturated/α-hetero) is 1. The van der Waals surface area contributed by atoms with Gasteiger partial charge in [-0.2, -0.15) is 0 Å². The van der Waals surface area contributed by atoms with Crippen LogP contribution < -0.4 is 0 Å². The highest BCUT2D eigenvalue weighted by molar-refractivity contribution is 9.12. The van der Waals surface area contributed by atoms with Gasteiger partial charge in [0.15, 0.2) is 5.78 Å². The molecular weight excluding hydrogens is 332 g/mol. The summed E-state index contributed by atoms with van der Waals surface area (Å²) in [6, 6.07) is 8.37. The second-order valence-corrected chi connectivity index (χ2v) is 6.16. The van der Waals surface area contributed by atoms with Gasteiger partial charge in [0.25, 0.3) is 0 Å². The lowest BCUT2D eigenvalue weighted by Gasteiger charge is -2.39. The van der Waals surface area contributed by atoms with Gasteiger partial charge in [-0.05, 0) is 33.5 Å². The Kier molecular flexibility index (Phi) is 2.55. The first-order valence-electron chi connectivity index (χ1n) is 5.33. The van der Waals surface area contributed by atoms with E-state index < -0.39 is 0 Å². The molecule has 0 unspecified atom stereocenters. The predicted molar refractivity (Wildman–Crippen MR) is 71.0 cm³/mol. The van der Waals surface area contributed by atoms with Gasteiger partial charge in [0.05, 0.1) is 4.48 Å². The fourth-order valence-corrected chi connectivity index (χ4v) is 4.22. The average molecular weight is 342 g/mol. The summed E-state index contributed by atoms with van der Waals surface area (Å²) in [6.45, 7) is 0. The molecule has 0 saturated carbocycles. The third-order valence-electron chi connectivity index (χ3n) is 3.52. The molecule has 0 radical (unpaired) electrons. The summed E-state index contributed by atoms with van der Waals surface area (Å²) in [5, 5.41) is 0. The number of carbonyl (C=O) groups excluding carboxylic acids is 1. The molecule has 0 aromatic heterocycles. The Balaban J connectivity index is 1.93. The van der Waals surface area contributed by atoms with Crippen LogP contribution in [0, 0.1) is 5.92 Å². The first kappa shape index (κ1) is 10.7. The lowest BCUT2D eigenvalue weighted by molar-refractivity contribution is -0.118. The largest absolute Gasteiger partial charge is 0.293 e. The molecule has 82 valence electrons. The maximum Gasteiger partial charge on any atom is 0.173 e. The minimum absolute atomic E-state index is 0.119. The molecule has 0 heterocycles. The smallest absolute Gasteiger partial charge is 0.173 e. The number of allylic oxidation sites excluding steroid dienone is 2. The maximum absolute atomic E-state index is 12.0. The number of hydrogen-bond donors (Lipinski definition) is 0. The quantitative estimate of drug-likeness (QED) is 0.703. The van der Waals surface area contributed by atoms with Crippen molar-refractivity contribution < 1.29 is 4.79 Å². The van der Waals surface area contributed by atoms with Gasteiger partial charge >= 0.3 is 0 Å². The number of halogens is 2. The van der Waals surface area contributed by atoms with Crippen molar-refractivity contribution in [2.45, 2.75) is 17.2 Å². The normalized spacial score (nSPS) is 32.0. The second-order valence-electron chi connectivity index (χ2n) is 4.31. The van der Waals surface area contributed by atoms with E-state index in [-0.39, 0.29) is 11.7 Å². The molecule has 0 saturated heterocycles. The van der Waals surface area contributed by atoms with Gasteiger partial charge in [-0.1, -0.05) is 46.3 Å². The Hall–Kier alpha value is -0.410. The molecule has 1 nitrogen and oxygen atoms in total. The van der Waals surface area contributed by atoms with Gasteiger partial charge in [0.2, 0.25) is 0 Å². The summed E-state index contributed by atoms with van der Waals surface area (Å²) in [7, 11) is 0. The van der Waals surface area contributed by atoms with Gasteiger partial charge in [0.1, 0.15) is 0 Å². The van der Waals surface area contributed by atoms with E-state index in [1.807, 2.05) is 18.2 Å². The Morgan fingerprint density at radius 2 is 1.88 bits per heavy atom. The summed E-state index contributed by atoms with van der Waals surface area (Å²) >= 11 is 7.01. The number of rotatable bonds is 1. The van der Waals surface area contributed by atoms with Crippen molar-refractivity contribution in [2.24, 2.45) is 5.92 Å². The molecule has 1 aromatic rings. The van der Waals surface area contributed by atoms with Crippen LogP contribution in [0.4, 0.5) is 0 Å². The SMILES string of the molecule is O=C1C(Br)=CC[C@H]1[C@@H]1c2ccccc2[C@H]1Br. The fourth-order valence-electron chi connectivity index (χ4n) is 2.67. The lowest BCUT2D eigenvalue weighted by atomic mass is 9.69. The van der Waals surface area contributed by atoms with Crippen LogP contribution in [0.2, 0.25) is 0 Å². The predicted octanol–water partition coefficient (Wildman–Crippen LogP) is 4.09. The van der Waals surface area contributed by atoms with Crippen LogP contribution in [-0.4, -0.2) is 5.78 Å². The molecule has 2 aliphatic rings. The second kappa shape index (κ2) is 3.81.